The molecular weight excluding hydrogens is 352 g/mol. The van der Waals surface area contributed by atoms with Crippen molar-refractivity contribution in [3.05, 3.63) is 83.4 Å². The second-order valence-electron chi connectivity index (χ2n) is 6.43. The van der Waals surface area contributed by atoms with Gasteiger partial charge in [-0.15, -0.1) is 0 Å². The molecule has 0 bridgehead atoms. The number of fused-ring (bicyclic) bond motifs is 1. The van der Waals surface area contributed by atoms with Gasteiger partial charge in [-0.25, -0.2) is 0 Å². The minimum absolute atomic E-state index is 0.178. The van der Waals surface area contributed by atoms with Crippen LogP contribution in [0.4, 0.5) is 0 Å². The van der Waals surface area contributed by atoms with E-state index in [4.69, 9.17) is 4.74 Å². The molecule has 0 radical (unpaired) electrons. The van der Waals surface area contributed by atoms with Gasteiger partial charge in [-0.3, -0.25) is 20.4 Å². The summed E-state index contributed by atoms with van der Waals surface area (Å²) in [4.78, 5) is 24.2. The SMILES string of the molecule is COc1ccc(C)cc1/C=C/C(=O)NNC(=O)Cc1cccc2ccccc12. The molecule has 0 aliphatic rings. The molecule has 3 rings (SSSR count). The lowest BCUT2D eigenvalue weighted by Crippen LogP contribution is -2.41. The molecule has 3 aromatic rings. The van der Waals surface area contributed by atoms with E-state index in [1.807, 2.05) is 67.6 Å². The third-order valence-electron chi connectivity index (χ3n) is 4.36. The summed E-state index contributed by atoms with van der Waals surface area (Å²) in [6, 6.07) is 19.4. The van der Waals surface area contributed by atoms with Crippen LogP contribution in [0.15, 0.2) is 66.7 Å². The Bertz CT molecular complexity index is 1040. The number of hydrogen-bond acceptors (Lipinski definition) is 3. The van der Waals surface area contributed by atoms with E-state index in [0.717, 1.165) is 27.5 Å². The van der Waals surface area contributed by atoms with E-state index in [1.165, 1.54) is 6.08 Å². The van der Waals surface area contributed by atoms with Crippen LogP contribution in [0.3, 0.4) is 0 Å². The molecule has 0 aliphatic carbocycles. The van der Waals surface area contributed by atoms with E-state index in [0.29, 0.717) is 5.75 Å². The van der Waals surface area contributed by atoms with E-state index >= 15 is 0 Å². The monoisotopic (exact) mass is 374 g/mol. The maximum Gasteiger partial charge on any atom is 0.262 e. The Morgan fingerprint density at radius 2 is 1.79 bits per heavy atom. The molecule has 0 aliphatic heterocycles. The molecule has 0 saturated heterocycles. The van der Waals surface area contributed by atoms with Gasteiger partial charge in [0.25, 0.3) is 5.91 Å². The molecule has 0 fully saturated rings. The standard InChI is InChI=1S/C23H22N2O3/c1-16-10-12-21(28-2)19(14-16)11-13-22(26)24-25-23(27)15-18-8-5-7-17-6-3-4-9-20(17)18/h3-14H,15H2,1-2H3,(H,24,26)(H,25,27)/b13-11+. The highest BCUT2D eigenvalue weighted by Crippen LogP contribution is 2.21. The molecule has 0 unspecified atom stereocenters. The van der Waals surface area contributed by atoms with Gasteiger partial charge in [-0.05, 0) is 41.5 Å². The molecule has 0 spiro atoms. The van der Waals surface area contributed by atoms with Crippen molar-refractivity contribution in [1.29, 1.82) is 0 Å². The Balaban J connectivity index is 1.58. The first-order chi connectivity index (χ1) is 13.6. The molecule has 5 nitrogen and oxygen atoms in total. The molecule has 0 atom stereocenters. The third-order valence-corrected chi connectivity index (χ3v) is 4.36. The van der Waals surface area contributed by atoms with Gasteiger partial charge in [0.2, 0.25) is 5.91 Å². The van der Waals surface area contributed by atoms with Crippen molar-refractivity contribution < 1.29 is 14.3 Å². The Morgan fingerprint density at radius 1 is 1.00 bits per heavy atom. The normalized spacial score (nSPS) is 10.8. The lowest BCUT2D eigenvalue weighted by Gasteiger charge is -2.08. The molecule has 0 saturated carbocycles. The molecule has 28 heavy (non-hydrogen) atoms. The summed E-state index contributed by atoms with van der Waals surface area (Å²) in [6.45, 7) is 1.96. The van der Waals surface area contributed by atoms with E-state index in [2.05, 4.69) is 10.9 Å². The average molecular weight is 374 g/mol. The van der Waals surface area contributed by atoms with Crippen LogP contribution >= 0.6 is 0 Å². The van der Waals surface area contributed by atoms with Crippen LogP contribution in [0, 0.1) is 6.92 Å². The van der Waals surface area contributed by atoms with Gasteiger partial charge in [-0.1, -0.05) is 54.1 Å². The first-order valence-electron chi connectivity index (χ1n) is 8.95. The maximum absolute atomic E-state index is 12.2. The van der Waals surface area contributed by atoms with Crippen molar-refractivity contribution in [1.82, 2.24) is 10.9 Å². The molecule has 142 valence electrons. The Kier molecular flexibility index (Phi) is 6.07. The first kappa shape index (κ1) is 19.2. The van der Waals surface area contributed by atoms with Gasteiger partial charge < -0.3 is 4.74 Å². The van der Waals surface area contributed by atoms with Crippen molar-refractivity contribution in [2.45, 2.75) is 13.3 Å². The fourth-order valence-electron chi connectivity index (χ4n) is 2.99. The predicted molar refractivity (Wildman–Crippen MR) is 111 cm³/mol. The lowest BCUT2D eigenvalue weighted by atomic mass is 10.0. The van der Waals surface area contributed by atoms with E-state index in [1.54, 1.807) is 13.2 Å². The highest BCUT2D eigenvalue weighted by Gasteiger charge is 2.07. The van der Waals surface area contributed by atoms with E-state index in [-0.39, 0.29) is 12.3 Å². The van der Waals surface area contributed by atoms with Crippen LogP contribution < -0.4 is 15.6 Å². The Hall–Kier alpha value is -3.60. The number of hydrazine groups is 1. The van der Waals surface area contributed by atoms with Gasteiger partial charge in [-0.2, -0.15) is 0 Å². The van der Waals surface area contributed by atoms with Crippen LogP contribution in [-0.4, -0.2) is 18.9 Å². The Morgan fingerprint density at radius 3 is 2.61 bits per heavy atom. The molecular formula is C23H22N2O3. The average Bonchev–Trinajstić information content (AvgIpc) is 2.71. The summed E-state index contributed by atoms with van der Waals surface area (Å²) in [7, 11) is 1.58. The van der Waals surface area contributed by atoms with Gasteiger partial charge in [0.15, 0.2) is 0 Å². The number of carbonyl (C=O) groups is 2. The zero-order valence-electron chi connectivity index (χ0n) is 15.9. The topological polar surface area (TPSA) is 67.4 Å². The summed E-state index contributed by atoms with van der Waals surface area (Å²) in [5, 5.41) is 2.10. The summed E-state index contributed by atoms with van der Waals surface area (Å²) < 4.78 is 5.28. The summed E-state index contributed by atoms with van der Waals surface area (Å²) in [5.41, 5.74) is 7.62. The van der Waals surface area contributed by atoms with Crippen molar-refractivity contribution in [2.75, 3.05) is 7.11 Å². The highest BCUT2D eigenvalue weighted by atomic mass is 16.5. The van der Waals surface area contributed by atoms with E-state index in [9.17, 15) is 9.59 Å². The number of benzene rings is 3. The molecule has 0 heterocycles. The van der Waals surface area contributed by atoms with Crippen molar-refractivity contribution in [3.8, 4) is 5.75 Å². The molecule has 2 amide bonds. The van der Waals surface area contributed by atoms with Crippen molar-refractivity contribution >= 4 is 28.7 Å². The smallest absolute Gasteiger partial charge is 0.262 e. The van der Waals surface area contributed by atoms with Crippen LogP contribution in [0.5, 0.6) is 5.75 Å². The van der Waals surface area contributed by atoms with Crippen LogP contribution in [-0.2, 0) is 16.0 Å². The van der Waals surface area contributed by atoms with Crippen LogP contribution in [0.1, 0.15) is 16.7 Å². The number of aryl methyl sites for hydroxylation is 1. The van der Waals surface area contributed by atoms with Crippen LogP contribution in [0.25, 0.3) is 16.8 Å². The summed E-state index contributed by atoms with van der Waals surface area (Å²) >= 11 is 0. The zero-order chi connectivity index (χ0) is 19.9. The predicted octanol–water partition coefficient (Wildman–Crippen LogP) is 3.56. The van der Waals surface area contributed by atoms with E-state index < -0.39 is 5.91 Å². The first-order valence-corrected chi connectivity index (χ1v) is 8.95. The number of methoxy groups -OCH3 is 1. The number of hydrogen-bond donors (Lipinski definition) is 2. The van der Waals surface area contributed by atoms with Gasteiger partial charge in [0.1, 0.15) is 5.75 Å². The number of rotatable bonds is 5. The minimum atomic E-state index is -0.421. The van der Waals surface area contributed by atoms with Crippen molar-refractivity contribution in [2.24, 2.45) is 0 Å². The number of amides is 2. The van der Waals surface area contributed by atoms with Gasteiger partial charge >= 0.3 is 0 Å². The lowest BCUT2D eigenvalue weighted by molar-refractivity contribution is -0.126. The minimum Gasteiger partial charge on any atom is -0.496 e. The van der Waals surface area contributed by atoms with Gasteiger partial charge in [0.05, 0.1) is 13.5 Å². The number of carbonyl (C=O) groups excluding carboxylic acids is 2. The maximum atomic E-state index is 12.2. The third kappa shape index (κ3) is 4.76. The molecule has 0 aromatic heterocycles. The summed E-state index contributed by atoms with van der Waals surface area (Å²) in [6.07, 6.45) is 3.19. The zero-order valence-corrected chi connectivity index (χ0v) is 15.9. The van der Waals surface area contributed by atoms with Crippen molar-refractivity contribution in [3.63, 3.8) is 0 Å². The largest absolute Gasteiger partial charge is 0.496 e. The Labute approximate surface area is 164 Å². The quantitative estimate of drug-likeness (QED) is 0.530. The second-order valence-corrected chi connectivity index (χ2v) is 6.43. The highest BCUT2D eigenvalue weighted by molar-refractivity contribution is 5.94. The summed E-state index contributed by atoms with van der Waals surface area (Å²) in [5.74, 6) is -0.0318. The number of nitrogens with one attached hydrogen (secondary N) is 2. The molecule has 3 aromatic carbocycles. The second kappa shape index (κ2) is 8.86. The fraction of sp³-hybridized carbons (Fsp3) is 0.130. The van der Waals surface area contributed by atoms with Gasteiger partial charge in [0, 0.05) is 11.6 Å². The van der Waals surface area contributed by atoms with Crippen LogP contribution in [0.2, 0.25) is 0 Å². The number of ether oxygens (including phenoxy) is 1. The molecule has 2 N–H and O–H groups in total. The molecule has 5 heteroatoms. The fourth-order valence-corrected chi connectivity index (χ4v) is 2.99.